The molecule has 0 atom stereocenters. The summed E-state index contributed by atoms with van der Waals surface area (Å²) in [6.07, 6.45) is 5.39. The lowest BCUT2D eigenvalue weighted by molar-refractivity contribution is -0.256. The van der Waals surface area contributed by atoms with E-state index < -0.39 is 5.79 Å². The van der Waals surface area contributed by atoms with E-state index in [0.29, 0.717) is 26.4 Å². The van der Waals surface area contributed by atoms with E-state index in [1.807, 2.05) is 60.7 Å². The van der Waals surface area contributed by atoms with Crippen LogP contribution in [0, 0.1) is 0 Å². The van der Waals surface area contributed by atoms with Crippen molar-refractivity contribution in [2.24, 2.45) is 0 Å². The highest BCUT2D eigenvalue weighted by Crippen LogP contribution is 2.32. The van der Waals surface area contributed by atoms with Gasteiger partial charge >= 0.3 is 0 Å². The van der Waals surface area contributed by atoms with E-state index in [1.165, 1.54) is 6.42 Å². The third-order valence-corrected chi connectivity index (χ3v) is 4.54. The molecule has 0 amide bonds. The molecule has 1 saturated carbocycles. The fourth-order valence-corrected chi connectivity index (χ4v) is 3.23. The van der Waals surface area contributed by atoms with Crippen LogP contribution in [-0.4, -0.2) is 32.2 Å². The van der Waals surface area contributed by atoms with Gasteiger partial charge in [0, 0.05) is 12.8 Å². The number of para-hydroxylation sites is 2. The Balaban J connectivity index is 1.40. The maximum Gasteiger partial charge on any atom is 0.168 e. The fourth-order valence-electron chi connectivity index (χ4n) is 3.23. The summed E-state index contributed by atoms with van der Waals surface area (Å²) in [7, 11) is 0. The molecule has 2 aromatic carbocycles. The van der Waals surface area contributed by atoms with Gasteiger partial charge < -0.3 is 18.9 Å². The molecule has 0 saturated heterocycles. The standard InChI is InChI=1S/C22H28O4/c1-4-10-20(11-5-1)23-16-18-25-22(14-8-3-9-15-22)26-19-17-24-21-12-6-2-7-13-21/h1-2,4-7,10-13H,3,8-9,14-19H2. The number of benzene rings is 2. The maximum absolute atomic E-state index is 6.14. The first kappa shape index (κ1) is 18.7. The van der Waals surface area contributed by atoms with Gasteiger partial charge in [-0.3, -0.25) is 0 Å². The molecule has 0 spiro atoms. The Kier molecular flexibility index (Phi) is 7.35. The minimum atomic E-state index is -0.488. The van der Waals surface area contributed by atoms with E-state index in [9.17, 15) is 0 Å². The van der Waals surface area contributed by atoms with Crippen LogP contribution in [0.25, 0.3) is 0 Å². The Labute approximate surface area is 156 Å². The molecule has 0 aliphatic heterocycles. The molecule has 1 fully saturated rings. The molecule has 0 N–H and O–H groups in total. The van der Waals surface area contributed by atoms with Crippen molar-refractivity contribution in [3.05, 3.63) is 60.7 Å². The summed E-state index contributed by atoms with van der Waals surface area (Å²) in [6.45, 7) is 2.09. The molecule has 1 aliphatic carbocycles. The van der Waals surface area contributed by atoms with Gasteiger partial charge in [0.15, 0.2) is 5.79 Å². The van der Waals surface area contributed by atoms with E-state index in [-0.39, 0.29) is 0 Å². The predicted octanol–water partition coefficient (Wildman–Crippen LogP) is 4.84. The normalized spacial score (nSPS) is 16.2. The van der Waals surface area contributed by atoms with Crippen LogP contribution in [0.5, 0.6) is 11.5 Å². The van der Waals surface area contributed by atoms with Crippen LogP contribution in [0.3, 0.4) is 0 Å². The number of hydrogen-bond acceptors (Lipinski definition) is 4. The van der Waals surface area contributed by atoms with Gasteiger partial charge in [0.25, 0.3) is 0 Å². The van der Waals surface area contributed by atoms with Crippen molar-refractivity contribution in [1.82, 2.24) is 0 Å². The first-order valence-electron chi connectivity index (χ1n) is 9.50. The average molecular weight is 356 g/mol. The highest BCUT2D eigenvalue weighted by atomic mass is 16.7. The smallest absolute Gasteiger partial charge is 0.168 e. The summed E-state index contributed by atoms with van der Waals surface area (Å²) < 4.78 is 23.7. The van der Waals surface area contributed by atoms with Crippen molar-refractivity contribution in [1.29, 1.82) is 0 Å². The van der Waals surface area contributed by atoms with Gasteiger partial charge in [-0.2, -0.15) is 0 Å². The zero-order chi connectivity index (χ0) is 17.9. The second kappa shape index (κ2) is 10.2. The van der Waals surface area contributed by atoms with E-state index in [0.717, 1.165) is 37.2 Å². The van der Waals surface area contributed by atoms with Crippen LogP contribution >= 0.6 is 0 Å². The van der Waals surface area contributed by atoms with E-state index in [1.54, 1.807) is 0 Å². The molecule has 0 unspecified atom stereocenters. The molecule has 0 aromatic heterocycles. The molecule has 0 bridgehead atoms. The molecule has 26 heavy (non-hydrogen) atoms. The molecule has 0 radical (unpaired) electrons. The van der Waals surface area contributed by atoms with Crippen LogP contribution in [-0.2, 0) is 9.47 Å². The quantitative estimate of drug-likeness (QED) is 0.451. The third-order valence-electron chi connectivity index (χ3n) is 4.54. The highest BCUT2D eigenvalue weighted by molar-refractivity contribution is 5.21. The zero-order valence-electron chi connectivity index (χ0n) is 15.3. The summed E-state index contributed by atoms with van der Waals surface area (Å²) in [5, 5.41) is 0. The monoisotopic (exact) mass is 356 g/mol. The average Bonchev–Trinajstić information content (AvgIpc) is 2.71. The minimum absolute atomic E-state index is 0.488. The second-order valence-electron chi connectivity index (χ2n) is 6.49. The van der Waals surface area contributed by atoms with Crippen molar-refractivity contribution in [3.63, 3.8) is 0 Å². The van der Waals surface area contributed by atoms with E-state index >= 15 is 0 Å². The SMILES string of the molecule is c1ccc(OCCOC2(OCCOc3ccccc3)CCCCC2)cc1. The van der Waals surface area contributed by atoms with Gasteiger partial charge in [0.1, 0.15) is 24.7 Å². The second-order valence-corrected chi connectivity index (χ2v) is 6.49. The van der Waals surface area contributed by atoms with Crippen molar-refractivity contribution in [3.8, 4) is 11.5 Å². The first-order chi connectivity index (χ1) is 12.9. The molecular weight excluding hydrogens is 328 g/mol. The summed E-state index contributed by atoms with van der Waals surface area (Å²) in [5.41, 5.74) is 0. The lowest BCUT2D eigenvalue weighted by Gasteiger charge is -2.37. The first-order valence-corrected chi connectivity index (χ1v) is 9.50. The van der Waals surface area contributed by atoms with Gasteiger partial charge in [-0.1, -0.05) is 42.8 Å². The summed E-state index contributed by atoms with van der Waals surface area (Å²) in [6, 6.07) is 19.6. The molecule has 3 rings (SSSR count). The van der Waals surface area contributed by atoms with Crippen LogP contribution in [0.15, 0.2) is 60.7 Å². The Morgan fingerprint density at radius 2 is 1.04 bits per heavy atom. The number of hydrogen-bond donors (Lipinski definition) is 0. The van der Waals surface area contributed by atoms with Crippen molar-refractivity contribution in [2.75, 3.05) is 26.4 Å². The maximum atomic E-state index is 6.14. The van der Waals surface area contributed by atoms with Crippen LogP contribution in [0.4, 0.5) is 0 Å². The van der Waals surface area contributed by atoms with Gasteiger partial charge in [-0.05, 0) is 37.1 Å². The summed E-state index contributed by atoms with van der Waals surface area (Å²) in [4.78, 5) is 0. The molecule has 0 heterocycles. The number of rotatable bonds is 10. The molecule has 4 heteroatoms. The van der Waals surface area contributed by atoms with Gasteiger partial charge in [0.05, 0.1) is 13.2 Å². The molecule has 1 aliphatic rings. The van der Waals surface area contributed by atoms with Crippen LogP contribution in [0.2, 0.25) is 0 Å². The van der Waals surface area contributed by atoms with E-state index in [2.05, 4.69) is 0 Å². The van der Waals surface area contributed by atoms with Crippen LogP contribution in [0.1, 0.15) is 32.1 Å². The van der Waals surface area contributed by atoms with Crippen molar-refractivity contribution < 1.29 is 18.9 Å². The third kappa shape index (κ3) is 6.04. The molecule has 2 aromatic rings. The molecule has 4 nitrogen and oxygen atoms in total. The van der Waals surface area contributed by atoms with Crippen molar-refractivity contribution in [2.45, 2.75) is 37.9 Å². The Hall–Kier alpha value is -2.04. The Morgan fingerprint density at radius 1 is 0.577 bits per heavy atom. The highest BCUT2D eigenvalue weighted by Gasteiger charge is 2.33. The zero-order valence-corrected chi connectivity index (χ0v) is 15.3. The van der Waals surface area contributed by atoms with Gasteiger partial charge in [-0.25, -0.2) is 0 Å². The minimum Gasteiger partial charge on any atom is -0.491 e. The van der Waals surface area contributed by atoms with Crippen LogP contribution < -0.4 is 9.47 Å². The summed E-state index contributed by atoms with van der Waals surface area (Å²) in [5.74, 6) is 1.25. The molecular formula is C22H28O4. The van der Waals surface area contributed by atoms with Crippen molar-refractivity contribution >= 4 is 0 Å². The summed E-state index contributed by atoms with van der Waals surface area (Å²) >= 11 is 0. The lowest BCUT2D eigenvalue weighted by atomic mass is 9.94. The number of ether oxygens (including phenoxy) is 4. The Bertz CT molecular complexity index is 559. The van der Waals surface area contributed by atoms with E-state index in [4.69, 9.17) is 18.9 Å². The lowest BCUT2D eigenvalue weighted by Crippen LogP contribution is -2.40. The molecule has 140 valence electrons. The Morgan fingerprint density at radius 3 is 1.50 bits per heavy atom. The predicted molar refractivity (Wildman–Crippen MR) is 102 cm³/mol. The largest absolute Gasteiger partial charge is 0.491 e. The topological polar surface area (TPSA) is 36.9 Å². The van der Waals surface area contributed by atoms with Gasteiger partial charge in [0.2, 0.25) is 0 Å². The van der Waals surface area contributed by atoms with Gasteiger partial charge in [-0.15, -0.1) is 0 Å². The fraction of sp³-hybridized carbons (Fsp3) is 0.455.